The van der Waals surface area contributed by atoms with Crippen molar-refractivity contribution >= 4 is 33.3 Å². The summed E-state index contributed by atoms with van der Waals surface area (Å²) in [5, 5.41) is 5.59. The quantitative estimate of drug-likeness (QED) is 0.846. The van der Waals surface area contributed by atoms with Gasteiger partial charge >= 0.3 is 6.18 Å². The first-order valence-corrected chi connectivity index (χ1v) is 6.90. The Hall–Kier alpha value is -1.83. The number of nitrogens with zero attached hydrogens (tertiary/aromatic N) is 2. The summed E-state index contributed by atoms with van der Waals surface area (Å²) in [5.74, 6) is -0.976. The number of alkyl halides is 3. The van der Waals surface area contributed by atoms with Gasteiger partial charge in [-0.05, 0) is 31.2 Å². The maximum atomic E-state index is 12.8. The summed E-state index contributed by atoms with van der Waals surface area (Å²) in [6, 6.07) is 8.44. The van der Waals surface area contributed by atoms with Crippen molar-refractivity contribution in [2.24, 2.45) is 0 Å². The van der Waals surface area contributed by atoms with Gasteiger partial charge in [-0.2, -0.15) is 13.2 Å². The molecule has 0 bridgehead atoms. The van der Waals surface area contributed by atoms with Crippen LogP contribution in [0.4, 0.5) is 30.5 Å². The molecule has 0 aliphatic rings. The average Bonchev–Trinajstić information content (AvgIpc) is 2.41. The minimum atomic E-state index is -4.60. The van der Waals surface area contributed by atoms with E-state index >= 15 is 0 Å². The first-order chi connectivity index (χ1) is 9.88. The van der Waals surface area contributed by atoms with Crippen LogP contribution in [0.3, 0.4) is 0 Å². The van der Waals surface area contributed by atoms with Crippen molar-refractivity contribution < 1.29 is 13.2 Å². The van der Waals surface area contributed by atoms with Gasteiger partial charge in [0.15, 0.2) is 0 Å². The third kappa shape index (κ3) is 4.32. The minimum Gasteiger partial charge on any atom is -0.370 e. The number of benzene rings is 1. The Kier molecular flexibility index (Phi) is 4.66. The molecule has 0 unspecified atom stereocenters. The van der Waals surface area contributed by atoms with Crippen LogP contribution >= 0.6 is 15.9 Å². The zero-order valence-corrected chi connectivity index (χ0v) is 12.6. The van der Waals surface area contributed by atoms with E-state index in [2.05, 4.69) is 36.5 Å². The van der Waals surface area contributed by atoms with Gasteiger partial charge in [0.1, 0.15) is 11.6 Å². The highest BCUT2D eigenvalue weighted by atomic mass is 79.9. The second-order valence-corrected chi connectivity index (χ2v) is 5.04. The Morgan fingerprint density at radius 2 is 1.71 bits per heavy atom. The van der Waals surface area contributed by atoms with Gasteiger partial charge in [-0.25, -0.2) is 9.97 Å². The molecule has 0 saturated carbocycles. The highest BCUT2D eigenvalue weighted by molar-refractivity contribution is 9.10. The van der Waals surface area contributed by atoms with E-state index in [4.69, 9.17) is 0 Å². The van der Waals surface area contributed by atoms with Crippen molar-refractivity contribution in [2.45, 2.75) is 13.1 Å². The summed E-state index contributed by atoms with van der Waals surface area (Å²) >= 11 is 3.29. The molecule has 2 rings (SSSR count). The normalized spacial score (nSPS) is 11.3. The number of hydrogen-bond acceptors (Lipinski definition) is 4. The molecule has 0 atom stereocenters. The molecule has 0 fully saturated rings. The van der Waals surface area contributed by atoms with Crippen LogP contribution in [-0.2, 0) is 6.18 Å². The summed E-state index contributed by atoms with van der Waals surface area (Å²) in [4.78, 5) is 6.96. The van der Waals surface area contributed by atoms with Gasteiger partial charge in [-0.15, -0.1) is 0 Å². The summed E-state index contributed by atoms with van der Waals surface area (Å²) in [6.45, 7) is 2.24. The third-order valence-electron chi connectivity index (χ3n) is 2.45. The molecule has 0 radical (unpaired) electrons. The van der Waals surface area contributed by atoms with E-state index in [0.29, 0.717) is 12.2 Å². The van der Waals surface area contributed by atoms with Crippen LogP contribution in [0.25, 0.3) is 0 Å². The zero-order valence-electron chi connectivity index (χ0n) is 11.0. The van der Waals surface area contributed by atoms with Gasteiger partial charge in [0.2, 0.25) is 5.82 Å². The molecule has 1 heterocycles. The van der Waals surface area contributed by atoms with E-state index in [-0.39, 0.29) is 11.6 Å². The van der Waals surface area contributed by atoms with Crippen LogP contribution in [0.1, 0.15) is 12.7 Å². The van der Waals surface area contributed by atoms with Crippen LogP contribution in [0, 0.1) is 0 Å². The summed E-state index contributed by atoms with van der Waals surface area (Å²) in [7, 11) is 0. The topological polar surface area (TPSA) is 49.8 Å². The van der Waals surface area contributed by atoms with E-state index in [0.717, 1.165) is 4.47 Å². The molecular weight excluding hydrogens is 349 g/mol. The molecule has 0 amide bonds. The largest absolute Gasteiger partial charge is 0.451 e. The molecule has 4 nitrogen and oxygen atoms in total. The fraction of sp³-hybridized carbons (Fsp3) is 0.231. The van der Waals surface area contributed by atoms with Crippen LogP contribution in [0.5, 0.6) is 0 Å². The van der Waals surface area contributed by atoms with E-state index in [1.807, 2.05) is 0 Å². The van der Waals surface area contributed by atoms with Crippen molar-refractivity contribution in [1.29, 1.82) is 0 Å². The molecule has 21 heavy (non-hydrogen) atoms. The minimum absolute atomic E-state index is 0.0793. The predicted octanol–water partition coefficient (Wildman–Crippen LogP) is 4.43. The highest BCUT2D eigenvalue weighted by Gasteiger charge is 2.35. The van der Waals surface area contributed by atoms with Crippen LogP contribution in [0.2, 0.25) is 0 Å². The summed E-state index contributed by atoms with van der Waals surface area (Å²) < 4.78 is 39.3. The Morgan fingerprint density at radius 1 is 1.10 bits per heavy atom. The number of hydrogen-bond donors (Lipinski definition) is 2. The van der Waals surface area contributed by atoms with E-state index in [1.54, 1.807) is 31.2 Å². The monoisotopic (exact) mass is 360 g/mol. The van der Waals surface area contributed by atoms with Gasteiger partial charge in [-0.1, -0.05) is 15.9 Å². The lowest BCUT2D eigenvalue weighted by atomic mass is 10.3. The lowest BCUT2D eigenvalue weighted by Crippen LogP contribution is -2.14. The second kappa shape index (κ2) is 6.30. The van der Waals surface area contributed by atoms with Crippen molar-refractivity contribution in [1.82, 2.24) is 9.97 Å². The standard InChI is InChI=1S/C13H12BrF3N4/c1-2-18-10-7-11(21-12(20-10)13(15,16)17)19-9-5-3-8(14)4-6-9/h3-7H,2H2,1H3,(H2,18,19,20,21). The van der Waals surface area contributed by atoms with Gasteiger partial charge in [0.05, 0.1) is 0 Å². The molecule has 0 spiro atoms. The number of halogens is 4. The molecule has 1 aromatic carbocycles. The number of anilines is 3. The van der Waals surface area contributed by atoms with Crippen molar-refractivity contribution in [3.63, 3.8) is 0 Å². The highest BCUT2D eigenvalue weighted by Crippen LogP contribution is 2.29. The van der Waals surface area contributed by atoms with Gasteiger partial charge < -0.3 is 10.6 Å². The Morgan fingerprint density at radius 3 is 2.29 bits per heavy atom. The lowest BCUT2D eigenvalue weighted by Gasteiger charge is -2.12. The molecule has 0 saturated heterocycles. The molecule has 0 aliphatic carbocycles. The van der Waals surface area contributed by atoms with Gasteiger partial charge in [0, 0.05) is 22.8 Å². The fourth-order valence-electron chi connectivity index (χ4n) is 1.59. The van der Waals surface area contributed by atoms with Gasteiger partial charge in [0.25, 0.3) is 0 Å². The van der Waals surface area contributed by atoms with Crippen LogP contribution < -0.4 is 10.6 Å². The Balaban J connectivity index is 2.33. The third-order valence-corrected chi connectivity index (χ3v) is 2.98. The smallest absolute Gasteiger partial charge is 0.370 e. The van der Waals surface area contributed by atoms with Crippen molar-refractivity contribution in [3.8, 4) is 0 Å². The molecule has 0 aliphatic heterocycles. The number of aromatic nitrogens is 2. The summed E-state index contributed by atoms with van der Waals surface area (Å²) in [5.41, 5.74) is 0.632. The molecule has 2 N–H and O–H groups in total. The first kappa shape index (κ1) is 15.6. The first-order valence-electron chi connectivity index (χ1n) is 6.11. The maximum Gasteiger partial charge on any atom is 0.451 e. The molecule has 2 aromatic rings. The van der Waals surface area contributed by atoms with Crippen molar-refractivity contribution in [2.75, 3.05) is 17.2 Å². The number of nitrogens with one attached hydrogen (secondary N) is 2. The molecule has 112 valence electrons. The zero-order chi connectivity index (χ0) is 15.5. The van der Waals surface area contributed by atoms with E-state index in [9.17, 15) is 13.2 Å². The fourth-order valence-corrected chi connectivity index (χ4v) is 1.86. The van der Waals surface area contributed by atoms with Crippen LogP contribution in [0.15, 0.2) is 34.8 Å². The molecular formula is C13H12BrF3N4. The Bertz CT molecular complexity index is 614. The van der Waals surface area contributed by atoms with E-state index < -0.39 is 12.0 Å². The van der Waals surface area contributed by atoms with Gasteiger partial charge in [-0.3, -0.25) is 0 Å². The van der Waals surface area contributed by atoms with Crippen LogP contribution in [-0.4, -0.2) is 16.5 Å². The molecule has 1 aromatic heterocycles. The summed E-state index contributed by atoms with van der Waals surface area (Å²) in [6.07, 6.45) is -4.60. The maximum absolute atomic E-state index is 12.8. The average molecular weight is 361 g/mol. The predicted molar refractivity (Wildman–Crippen MR) is 78.6 cm³/mol. The molecule has 8 heteroatoms. The van der Waals surface area contributed by atoms with E-state index in [1.165, 1.54) is 6.07 Å². The second-order valence-electron chi connectivity index (χ2n) is 4.12. The number of rotatable bonds is 4. The SMILES string of the molecule is CCNc1cc(Nc2ccc(Br)cc2)nc(C(F)(F)F)n1. The Labute approximate surface area is 127 Å². The lowest BCUT2D eigenvalue weighted by molar-refractivity contribution is -0.144. The van der Waals surface area contributed by atoms with Crippen molar-refractivity contribution in [3.05, 3.63) is 40.6 Å².